The molecule has 0 fully saturated rings. The predicted molar refractivity (Wildman–Crippen MR) is 101 cm³/mol. The minimum Gasteiger partial charge on any atom is -0.481 e. The average Bonchev–Trinajstić information content (AvgIpc) is 2.56. The summed E-state index contributed by atoms with van der Waals surface area (Å²) in [7, 11) is 1.41. The molecule has 0 saturated carbocycles. The van der Waals surface area contributed by atoms with Crippen molar-refractivity contribution in [2.24, 2.45) is 0 Å². The number of carboxylic acid groups (broad SMARTS) is 1. The Balaban J connectivity index is 2.27. The van der Waals surface area contributed by atoms with Gasteiger partial charge in [0.25, 0.3) is 5.91 Å². The Morgan fingerprint density at radius 2 is 1.74 bits per heavy atom. The quantitative estimate of drug-likeness (QED) is 0.776. The highest BCUT2D eigenvalue weighted by Gasteiger charge is 2.30. The van der Waals surface area contributed by atoms with Gasteiger partial charge in [-0.15, -0.1) is 0 Å². The largest absolute Gasteiger partial charge is 0.481 e. The van der Waals surface area contributed by atoms with Crippen molar-refractivity contribution in [2.75, 3.05) is 13.7 Å². The lowest BCUT2D eigenvalue weighted by Crippen LogP contribution is -2.50. The molecule has 0 aliphatic carbocycles. The van der Waals surface area contributed by atoms with Crippen molar-refractivity contribution in [1.29, 1.82) is 0 Å². The normalized spacial score (nSPS) is 13.1. The molecule has 2 rings (SSSR count). The van der Waals surface area contributed by atoms with Crippen LogP contribution in [0.3, 0.4) is 0 Å². The van der Waals surface area contributed by atoms with Crippen LogP contribution in [-0.4, -0.2) is 36.2 Å². The highest BCUT2D eigenvalue weighted by atomic mass is 19.1. The summed E-state index contributed by atoms with van der Waals surface area (Å²) in [6.07, 6.45) is -0.338. The Bertz CT molecular complexity index is 865. The SMILES string of the molecule is COCC(C)(CC(=O)O)NC(=O)c1ccc(-c2ccc(C)c(C)c2)cc1F. The average molecular weight is 373 g/mol. The summed E-state index contributed by atoms with van der Waals surface area (Å²) in [4.78, 5) is 23.5. The summed E-state index contributed by atoms with van der Waals surface area (Å²) in [6, 6.07) is 10.2. The maximum absolute atomic E-state index is 14.6. The van der Waals surface area contributed by atoms with Crippen molar-refractivity contribution in [2.45, 2.75) is 32.7 Å². The number of carboxylic acids is 1. The van der Waals surface area contributed by atoms with Crippen molar-refractivity contribution in [3.05, 3.63) is 58.9 Å². The van der Waals surface area contributed by atoms with Gasteiger partial charge in [0, 0.05) is 7.11 Å². The maximum Gasteiger partial charge on any atom is 0.305 e. The topological polar surface area (TPSA) is 75.6 Å². The van der Waals surface area contributed by atoms with Crippen LogP contribution in [0.5, 0.6) is 0 Å². The molecule has 2 aromatic carbocycles. The van der Waals surface area contributed by atoms with Crippen molar-refractivity contribution in [3.63, 3.8) is 0 Å². The van der Waals surface area contributed by atoms with Crippen LogP contribution in [0.25, 0.3) is 11.1 Å². The summed E-state index contributed by atoms with van der Waals surface area (Å²) in [5, 5.41) is 11.6. The number of aliphatic carboxylic acids is 1. The van der Waals surface area contributed by atoms with E-state index in [2.05, 4.69) is 5.32 Å². The second-order valence-corrected chi connectivity index (χ2v) is 7.01. The van der Waals surface area contributed by atoms with Crippen LogP contribution in [0.2, 0.25) is 0 Å². The molecule has 1 amide bonds. The molecule has 144 valence electrons. The number of amides is 1. The first-order valence-electron chi connectivity index (χ1n) is 8.55. The molecular formula is C21H24FNO4. The van der Waals surface area contributed by atoms with Gasteiger partial charge in [-0.1, -0.05) is 24.3 Å². The van der Waals surface area contributed by atoms with Crippen LogP contribution >= 0.6 is 0 Å². The first kappa shape index (κ1) is 20.6. The Labute approximate surface area is 158 Å². The molecular weight excluding hydrogens is 349 g/mol. The summed E-state index contributed by atoms with van der Waals surface area (Å²) in [6.45, 7) is 5.52. The fourth-order valence-corrected chi connectivity index (χ4v) is 2.92. The van der Waals surface area contributed by atoms with E-state index >= 15 is 0 Å². The molecule has 0 saturated heterocycles. The molecule has 1 atom stereocenters. The minimum atomic E-state index is -1.14. The van der Waals surface area contributed by atoms with E-state index in [0.29, 0.717) is 5.56 Å². The Morgan fingerprint density at radius 1 is 1.11 bits per heavy atom. The number of hydrogen-bond acceptors (Lipinski definition) is 3. The first-order chi connectivity index (χ1) is 12.6. The molecule has 0 spiro atoms. The van der Waals surface area contributed by atoms with Gasteiger partial charge in [0.05, 0.1) is 24.1 Å². The predicted octanol–water partition coefficient (Wildman–Crippen LogP) is 3.72. The number of carbonyl (C=O) groups excluding carboxylic acids is 1. The number of halogens is 1. The van der Waals surface area contributed by atoms with Gasteiger partial charge in [-0.3, -0.25) is 9.59 Å². The monoisotopic (exact) mass is 373 g/mol. The molecule has 5 nitrogen and oxygen atoms in total. The van der Waals surface area contributed by atoms with E-state index in [0.717, 1.165) is 16.7 Å². The second kappa shape index (κ2) is 8.31. The minimum absolute atomic E-state index is 0.00656. The molecule has 2 N–H and O–H groups in total. The van der Waals surface area contributed by atoms with Gasteiger partial charge >= 0.3 is 5.97 Å². The van der Waals surface area contributed by atoms with E-state index in [-0.39, 0.29) is 18.6 Å². The van der Waals surface area contributed by atoms with Crippen LogP contribution in [0.1, 0.15) is 34.8 Å². The van der Waals surface area contributed by atoms with Gasteiger partial charge in [-0.2, -0.15) is 0 Å². The van der Waals surface area contributed by atoms with E-state index in [1.807, 2.05) is 32.0 Å². The van der Waals surface area contributed by atoms with Gasteiger partial charge in [0.15, 0.2) is 0 Å². The van der Waals surface area contributed by atoms with E-state index < -0.39 is 23.2 Å². The van der Waals surface area contributed by atoms with Gasteiger partial charge in [-0.25, -0.2) is 4.39 Å². The lowest BCUT2D eigenvalue weighted by atomic mass is 9.97. The molecule has 0 aliphatic rings. The highest BCUT2D eigenvalue weighted by Crippen LogP contribution is 2.24. The fraction of sp³-hybridized carbons (Fsp3) is 0.333. The van der Waals surface area contributed by atoms with E-state index in [1.165, 1.54) is 19.2 Å². The number of nitrogens with one attached hydrogen (secondary N) is 1. The molecule has 0 aliphatic heterocycles. The number of benzene rings is 2. The molecule has 0 aromatic heterocycles. The second-order valence-electron chi connectivity index (χ2n) is 7.01. The van der Waals surface area contributed by atoms with Gasteiger partial charge < -0.3 is 15.2 Å². The third kappa shape index (κ3) is 5.14. The fourth-order valence-electron chi connectivity index (χ4n) is 2.92. The molecule has 27 heavy (non-hydrogen) atoms. The van der Waals surface area contributed by atoms with Crippen molar-refractivity contribution >= 4 is 11.9 Å². The number of methoxy groups -OCH3 is 1. The highest BCUT2D eigenvalue weighted by molar-refractivity contribution is 5.95. The van der Waals surface area contributed by atoms with E-state index in [4.69, 9.17) is 9.84 Å². The molecule has 0 radical (unpaired) electrons. The third-order valence-electron chi connectivity index (χ3n) is 4.47. The van der Waals surface area contributed by atoms with Gasteiger partial charge in [-0.05, 0) is 55.2 Å². The number of ether oxygens (including phenoxy) is 1. The number of hydrogen-bond donors (Lipinski definition) is 2. The third-order valence-corrected chi connectivity index (χ3v) is 4.47. The summed E-state index contributed by atoms with van der Waals surface area (Å²) in [5.41, 5.74) is 2.48. The molecule has 6 heteroatoms. The van der Waals surface area contributed by atoms with Crippen molar-refractivity contribution < 1.29 is 23.8 Å². The Hall–Kier alpha value is -2.73. The van der Waals surface area contributed by atoms with Crippen LogP contribution in [0.4, 0.5) is 4.39 Å². The lowest BCUT2D eigenvalue weighted by Gasteiger charge is -2.28. The molecule has 1 unspecified atom stereocenters. The zero-order valence-electron chi connectivity index (χ0n) is 15.9. The van der Waals surface area contributed by atoms with Crippen molar-refractivity contribution in [3.8, 4) is 11.1 Å². The zero-order chi connectivity index (χ0) is 20.2. The van der Waals surface area contributed by atoms with E-state index in [1.54, 1.807) is 13.0 Å². The number of aryl methyl sites for hydroxylation is 2. The smallest absolute Gasteiger partial charge is 0.305 e. The Kier molecular flexibility index (Phi) is 6.33. The number of carbonyl (C=O) groups is 2. The first-order valence-corrected chi connectivity index (χ1v) is 8.55. The molecule has 0 heterocycles. The Morgan fingerprint density at radius 3 is 2.30 bits per heavy atom. The van der Waals surface area contributed by atoms with Crippen molar-refractivity contribution in [1.82, 2.24) is 5.32 Å². The van der Waals surface area contributed by atoms with Crippen LogP contribution in [0, 0.1) is 19.7 Å². The summed E-state index contributed by atoms with van der Waals surface area (Å²) in [5.74, 6) is -2.43. The zero-order valence-corrected chi connectivity index (χ0v) is 15.9. The molecule has 2 aromatic rings. The summed E-state index contributed by atoms with van der Waals surface area (Å²) < 4.78 is 19.6. The number of rotatable bonds is 7. The van der Waals surface area contributed by atoms with E-state index in [9.17, 15) is 14.0 Å². The van der Waals surface area contributed by atoms with Crippen LogP contribution in [0.15, 0.2) is 36.4 Å². The van der Waals surface area contributed by atoms with Crippen LogP contribution < -0.4 is 5.32 Å². The van der Waals surface area contributed by atoms with Gasteiger partial charge in [0.2, 0.25) is 0 Å². The van der Waals surface area contributed by atoms with Gasteiger partial charge in [0.1, 0.15) is 5.82 Å². The summed E-state index contributed by atoms with van der Waals surface area (Å²) >= 11 is 0. The maximum atomic E-state index is 14.6. The standard InChI is InChI=1S/C21H24FNO4/c1-13-5-6-15(9-14(13)2)16-7-8-17(18(22)10-16)20(26)23-21(3,12-27-4)11-19(24)25/h5-10H,11-12H2,1-4H3,(H,23,26)(H,24,25). The van der Waals surface area contributed by atoms with Crippen LogP contribution in [-0.2, 0) is 9.53 Å². The lowest BCUT2D eigenvalue weighted by molar-refractivity contribution is -0.139. The molecule has 0 bridgehead atoms.